The van der Waals surface area contributed by atoms with E-state index in [0.717, 1.165) is 6.07 Å². The van der Waals surface area contributed by atoms with Crippen molar-refractivity contribution in [2.75, 3.05) is 6.54 Å². The number of hydrogen-bond donors (Lipinski definition) is 1. The van der Waals surface area contributed by atoms with E-state index in [1.807, 2.05) is 0 Å². The number of aromatic nitrogens is 2. The van der Waals surface area contributed by atoms with E-state index in [2.05, 4.69) is 9.82 Å². The first-order chi connectivity index (χ1) is 9.90. The van der Waals surface area contributed by atoms with Gasteiger partial charge >= 0.3 is 0 Å². The van der Waals surface area contributed by atoms with Crippen LogP contribution in [0.1, 0.15) is 6.42 Å². The van der Waals surface area contributed by atoms with Crippen LogP contribution in [0.5, 0.6) is 0 Å². The first-order valence-corrected chi connectivity index (χ1v) is 8.49. The molecule has 0 aliphatic rings. The maximum atomic E-state index is 12.0. The Balaban J connectivity index is 1.95. The highest BCUT2D eigenvalue weighted by Crippen LogP contribution is 2.35. The summed E-state index contributed by atoms with van der Waals surface area (Å²) >= 11 is 6.31. The third-order valence-corrected chi connectivity index (χ3v) is 5.80. The standard InChI is InChI=1S/C10H11ClN4O4S2/c11-10-8(15(16)17)7-9(20-10)21(18,19)13-4-2-6-14-5-1-3-12-14/h1,3,5,7,13H,2,4,6H2. The molecule has 1 N–H and O–H groups in total. The lowest BCUT2D eigenvalue weighted by atomic mass is 10.4. The second-order valence-corrected chi connectivity index (χ2v) is 7.65. The fraction of sp³-hybridized carbons (Fsp3) is 0.300. The van der Waals surface area contributed by atoms with Crippen LogP contribution in [0, 0.1) is 10.1 Å². The molecule has 2 aromatic heterocycles. The highest BCUT2D eigenvalue weighted by molar-refractivity contribution is 7.91. The van der Waals surface area contributed by atoms with E-state index in [9.17, 15) is 18.5 Å². The van der Waals surface area contributed by atoms with Gasteiger partial charge in [-0.15, -0.1) is 11.3 Å². The number of nitrogens with zero attached hydrogens (tertiary/aromatic N) is 3. The van der Waals surface area contributed by atoms with Gasteiger partial charge in [-0.05, 0) is 12.5 Å². The molecule has 2 heterocycles. The lowest BCUT2D eigenvalue weighted by Crippen LogP contribution is -2.24. The Kier molecular flexibility index (Phi) is 4.93. The molecule has 0 atom stereocenters. The van der Waals surface area contributed by atoms with Crippen molar-refractivity contribution in [2.45, 2.75) is 17.2 Å². The molecule has 0 saturated carbocycles. The molecule has 0 unspecified atom stereocenters. The molecular formula is C10H11ClN4O4S2. The van der Waals surface area contributed by atoms with Gasteiger partial charge in [0.1, 0.15) is 4.21 Å². The summed E-state index contributed by atoms with van der Waals surface area (Å²) < 4.78 is 27.7. The smallest absolute Gasteiger partial charge is 0.273 e. The van der Waals surface area contributed by atoms with Gasteiger partial charge in [0, 0.05) is 31.5 Å². The average molecular weight is 351 g/mol. The predicted molar refractivity (Wildman–Crippen MR) is 78.0 cm³/mol. The second-order valence-electron chi connectivity index (χ2n) is 4.00. The number of nitro groups is 1. The first-order valence-electron chi connectivity index (χ1n) is 5.81. The third-order valence-electron chi connectivity index (χ3n) is 2.52. The lowest BCUT2D eigenvalue weighted by Gasteiger charge is -2.04. The molecule has 0 saturated heterocycles. The van der Waals surface area contributed by atoms with E-state index in [1.165, 1.54) is 0 Å². The summed E-state index contributed by atoms with van der Waals surface area (Å²) in [4.78, 5) is 9.94. The number of hydrogen-bond acceptors (Lipinski definition) is 6. The Morgan fingerprint density at radius 1 is 1.52 bits per heavy atom. The SMILES string of the molecule is O=[N+]([O-])c1cc(S(=O)(=O)NCCCn2cccn2)sc1Cl. The van der Waals surface area contributed by atoms with Gasteiger partial charge in [0.2, 0.25) is 10.0 Å². The monoisotopic (exact) mass is 350 g/mol. The molecule has 11 heteroatoms. The van der Waals surface area contributed by atoms with Crippen molar-refractivity contribution in [1.29, 1.82) is 0 Å². The van der Waals surface area contributed by atoms with Crippen LogP contribution >= 0.6 is 22.9 Å². The highest BCUT2D eigenvalue weighted by Gasteiger charge is 2.24. The van der Waals surface area contributed by atoms with E-state index in [4.69, 9.17) is 11.6 Å². The predicted octanol–water partition coefficient (Wildman–Crippen LogP) is 1.87. The summed E-state index contributed by atoms with van der Waals surface area (Å²) in [5.74, 6) is 0. The summed E-state index contributed by atoms with van der Waals surface area (Å²) in [6.07, 6.45) is 3.95. The Hall–Kier alpha value is -1.49. The quantitative estimate of drug-likeness (QED) is 0.466. The zero-order chi connectivity index (χ0) is 15.5. The van der Waals surface area contributed by atoms with Crippen LogP contribution in [0.2, 0.25) is 4.34 Å². The molecule has 0 radical (unpaired) electrons. The van der Waals surface area contributed by atoms with Gasteiger partial charge in [-0.3, -0.25) is 14.8 Å². The van der Waals surface area contributed by atoms with Gasteiger partial charge in [0.25, 0.3) is 5.69 Å². The Morgan fingerprint density at radius 3 is 2.86 bits per heavy atom. The summed E-state index contributed by atoms with van der Waals surface area (Å²) in [5.41, 5.74) is -0.404. The van der Waals surface area contributed by atoms with Crippen molar-refractivity contribution in [2.24, 2.45) is 0 Å². The largest absolute Gasteiger partial charge is 0.300 e. The molecule has 2 aromatic rings. The average Bonchev–Trinajstić information content (AvgIpc) is 3.04. The zero-order valence-corrected chi connectivity index (χ0v) is 13.0. The van der Waals surface area contributed by atoms with Crippen LogP contribution in [0.4, 0.5) is 5.69 Å². The molecule has 0 aromatic carbocycles. The van der Waals surface area contributed by atoms with Crippen molar-refractivity contribution in [3.63, 3.8) is 0 Å². The minimum absolute atomic E-state index is 0.156. The molecule has 0 aliphatic heterocycles. The van der Waals surface area contributed by atoms with Crippen LogP contribution in [-0.2, 0) is 16.6 Å². The van der Waals surface area contributed by atoms with Gasteiger partial charge in [-0.2, -0.15) is 5.10 Å². The number of thiophene rings is 1. The van der Waals surface area contributed by atoms with Gasteiger partial charge in [-0.25, -0.2) is 13.1 Å². The zero-order valence-electron chi connectivity index (χ0n) is 10.6. The maximum absolute atomic E-state index is 12.0. The van der Waals surface area contributed by atoms with Crippen molar-refractivity contribution in [3.8, 4) is 0 Å². The van der Waals surface area contributed by atoms with Crippen LogP contribution < -0.4 is 4.72 Å². The second kappa shape index (κ2) is 6.52. The Morgan fingerprint density at radius 2 is 2.29 bits per heavy atom. The molecule has 0 amide bonds. The van der Waals surface area contributed by atoms with E-state index in [1.54, 1.807) is 23.1 Å². The minimum Gasteiger partial charge on any atom is -0.273 e. The van der Waals surface area contributed by atoms with Crippen molar-refractivity contribution in [1.82, 2.24) is 14.5 Å². The van der Waals surface area contributed by atoms with Crippen LogP contribution in [0.15, 0.2) is 28.7 Å². The molecular weight excluding hydrogens is 340 g/mol. The molecule has 8 nitrogen and oxygen atoms in total. The Bertz CT molecular complexity index is 726. The fourth-order valence-electron chi connectivity index (χ4n) is 1.55. The molecule has 0 spiro atoms. The van der Waals surface area contributed by atoms with E-state index >= 15 is 0 Å². The normalized spacial score (nSPS) is 11.7. The minimum atomic E-state index is -3.79. The van der Waals surface area contributed by atoms with Crippen LogP contribution in [0.3, 0.4) is 0 Å². The van der Waals surface area contributed by atoms with Crippen LogP contribution in [-0.4, -0.2) is 29.7 Å². The van der Waals surface area contributed by atoms with E-state index in [0.29, 0.717) is 24.3 Å². The van der Waals surface area contributed by atoms with Gasteiger partial charge in [0.05, 0.1) is 4.92 Å². The summed E-state index contributed by atoms with van der Waals surface area (Å²) in [6.45, 7) is 0.770. The van der Waals surface area contributed by atoms with E-state index < -0.39 is 20.6 Å². The number of nitrogens with one attached hydrogen (secondary N) is 1. The van der Waals surface area contributed by atoms with Crippen LogP contribution in [0.25, 0.3) is 0 Å². The summed E-state index contributed by atoms with van der Waals surface area (Å²) in [5, 5.41) is 14.6. The molecule has 21 heavy (non-hydrogen) atoms. The van der Waals surface area contributed by atoms with E-state index in [-0.39, 0.29) is 15.1 Å². The number of halogens is 1. The van der Waals surface area contributed by atoms with Crippen molar-refractivity contribution < 1.29 is 13.3 Å². The molecule has 2 rings (SSSR count). The Labute approximate surface area is 129 Å². The molecule has 0 fully saturated rings. The van der Waals surface area contributed by atoms with Crippen molar-refractivity contribution >= 4 is 38.6 Å². The third kappa shape index (κ3) is 4.00. The van der Waals surface area contributed by atoms with Gasteiger partial charge < -0.3 is 0 Å². The number of aryl methyl sites for hydroxylation is 1. The number of rotatable bonds is 7. The first kappa shape index (κ1) is 15.9. The molecule has 0 aliphatic carbocycles. The van der Waals surface area contributed by atoms with Gasteiger partial charge in [-0.1, -0.05) is 11.6 Å². The molecule has 114 valence electrons. The summed E-state index contributed by atoms with van der Waals surface area (Å²) in [7, 11) is -3.79. The molecule has 0 bridgehead atoms. The topological polar surface area (TPSA) is 107 Å². The fourth-order valence-corrected chi connectivity index (χ4v) is 4.33. The van der Waals surface area contributed by atoms with Crippen molar-refractivity contribution in [3.05, 3.63) is 39.0 Å². The van der Waals surface area contributed by atoms with Gasteiger partial charge in [0.15, 0.2) is 4.34 Å². The highest BCUT2D eigenvalue weighted by atomic mass is 35.5. The lowest BCUT2D eigenvalue weighted by molar-refractivity contribution is -0.384. The maximum Gasteiger partial charge on any atom is 0.300 e. The summed E-state index contributed by atoms with van der Waals surface area (Å²) in [6, 6.07) is 2.74. The number of sulfonamides is 1.